The molecule has 1 aromatic rings. The van der Waals surface area contributed by atoms with Crippen LogP contribution in [0.25, 0.3) is 0 Å². The van der Waals surface area contributed by atoms with Gasteiger partial charge in [0.05, 0.1) is 26.2 Å². The summed E-state index contributed by atoms with van der Waals surface area (Å²) in [4.78, 5) is 27.9. The van der Waals surface area contributed by atoms with Crippen LogP contribution in [-0.2, 0) is 16.1 Å². The van der Waals surface area contributed by atoms with Gasteiger partial charge in [-0.25, -0.2) is 0 Å². The Morgan fingerprint density at radius 1 is 1.08 bits per heavy atom. The molecule has 4 atom stereocenters. The van der Waals surface area contributed by atoms with Crippen molar-refractivity contribution in [2.75, 3.05) is 26.2 Å². The van der Waals surface area contributed by atoms with E-state index in [0.717, 1.165) is 43.9 Å². The van der Waals surface area contributed by atoms with E-state index in [1.54, 1.807) is 0 Å². The number of nitrogens with one attached hydrogen (secondary N) is 1. The second-order valence-electron chi connectivity index (χ2n) is 8.08. The number of benzene rings is 1. The van der Waals surface area contributed by atoms with E-state index in [-0.39, 0.29) is 23.7 Å². The number of halogens is 1. The van der Waals surface area contributed by atoms with Crippen molar-refractivity contribution in [3.63, 3.8) is 0 Å². The molecule has 1 amide bonds. The molecule has 5 nitrogen and oxygen atoms in total. The van der Waals surface area contributed by atoms with Crippen LogP contribution in [0.3, 0.4) is 0 Å². The first-order chi connectivity index (χ1) is 12.5. The maximum absolute atomic E-state index is 13.0. The molecule has 0 unspecified atom stereocenters. The number of rotatable bonds is 4. The smallest absolute Gasteiger partial charge is 0.227 e. The van der Waals surface area contributed by atoms with Crippen molar-refractivity contribution in [3.8, 4) is 0 Å². The molecule has 1 aliphatic heterocycles. The van der Waals surface area contributed by atoms with Crippen LogP contribution in [-0.4, -0.2) is 43.0 Å². The first kappa shape index (κ1) is 17.8. The lowest BCUT2D eigenvalue weighted by molar-refractivity contribution is -0.917. The first-order valence-corrected chi connectivity index (χ1v) is 9.98. The van der Waals surface area contributed by atoms with Crippen molar-refractivity contribution in [2.24, 2.45) is 23.7 Å². The number of carbonyl (C=O) groups excluding carboxylic acids is 2. The molecule has 0 spiro atoms. The summed E-state index contributed by atoms with van der Waals surface area (Å²) in [6.45, 7) is 4.12. The second kappa shape index (κ2) is 7.20. The third kappa shape index (κ3) is 3.35. The van der Waals surface area contributed by atoms with E-state index in [1.807, 2.05) is 29.2 Å². The molecule has 0 radical (unpaired) electrons. The number of fused-ring (bicyclic) bond motifs is 2. The van der Waals surface area contributed by atoms with Crippen LogP contribution in [0.4, 0.5) is 0 Å². The summed E-state index contributed by atoms with van der Waals surface area (Å²) in [5.74, 6) is -1.50. The summed E-state index contributed by atoms with van der Waals surface area (Å²) in [5.41, 5.74) is 1.24. The normalized spacial score (nSPS) is 31.3. The molecule has 3 aliphatic rings. The van der Waals surface area contributed by atoms with Crippen molar-refractivity contribution in [2.45, 2.75) is 25.8 Å². The van der Waals surface area contributed by atoms with E-state index in [2.05, 4.69) is 0 Å². The van der Waals surface area contributed by atoms with Crippen LogP contribution in [0.5, 0.6) is 0 Å². The molecule has 2 saturated carbocycles. The lowest BCUT2D eigenvalue weighted by Crippen LogP contribution is -3.13. The number of piperazine rings is 1. The highest BCUT2D eigenvalue weighted by Gasteiger charge is 2.52. The molecule has 26 heavy (non-hydrogen) atoms. The molecule has 6 heteroatoms. The fraction of sp³-hybridized carbons (Fsp3) is 0.600. The topological polar surface area (TPSA) is 64.9 Å². The van der Waals surface area contributed by atoms with Gasteiger partial charge in [-0.2, -0.15) is 0 Å². The number of nitrogens with zero attached hydrogens (tertiary/aromatic N) is 1. The van der Waals surface area contributed by atoms with E-state index in [9.17, 15) is 14.7 Å². The van der Waals surface area contributed by atoms with Gasteiger partial charge in [0.15, 0.2) is 0 Å². The molecule has 2 aliphatic carbocycles. The van der Waals surface area contributed by atoms with Crippen molar-refractivity contribution >= 4 is 23.5 Å². The predicted molar refractivity (Wildman–Crippen MR) is 95.3 cm³/mol. The highest BCUT2D eigenvalue weighted by atomic mass is 35.5. The SMILES string of the molecule is O=C([O-])[C@H]1[C@H]2CC[C@H](C2)[C@@H]1C(=O)N1CC[NH+](Cc2ccc(Cl)cc2)CC1. The Balaban J connectivity index is 1.35. The summed E-state index contributed by atoms with van der Waals surface area (Å²) in [6, 6.07) is 7.91. The van der Waals surface area contributed by atoms with Crippen LogP contribution in [0.1, 0.15) is 24.8 Å². The average molecular weight is 377 g/mol. The van der Waals surface area contributed by atoms with Crippen molar-refractivity contribution < 1.29 is 19.6 Å². The van der Waals surface area contributed by atoms with Gasteiger partial charge in [-0.3, -0.25) is 4.79 Å². The Hall–Kier alpha value is -1.59. The van der Waals surface area contributed by atoms with Crippen LogP contribution >= 0.6 is 11.6 Å². The largest absolute Gasteiger partial charge is 0.550 e. The Labute approximate surface area is 158 Å². The van der Waals surface area contributed by atoms with E-state index in [1.165, 1.54) is 10.5 Å². The average Bonchev–Trinajstić information content (AvgIpc) is 3.25. The molecule has 1 heterocycles. The molecule has 3 fully saturated rings. The molecule has 1 N–H and O–H groups in total. The van der Waals surface area contributed by atoms with Gasteiger partial charge in [0, 0.05) is 28.4 Å². The maximum Gasteiger partial charge on any atom is 0.227 e. The minimum Gasteiger partial charge on any atom is -0.550 e. The number of hydrogen-bond donors (Lipinski definition) is 1. The quantitative estimate of drug-likeness (QED) is 0.803. The van der Waals surface area contributed by atoms with Crippen LogP contribution < -0.4 is 10.0 Å². The second-order valence-corrected chi connectivity index (χ2v) is 8.52. The summed E-state index contributed by atoms with van der Waals surface area (Å²) in [6.07, 6.45) is 2.82. The van der Waals surface area contributed by atoms with Gasteiger partial charge >= 0.3 is 0 Å². The van der Waals surface area contributed by atoms with E-state index >= 15 is 0 Å². The van der Waals surface area contributed by atoms with Crippen LogP contribution in [0.15, 0.2) is 24.3 Å². The lowest BCUT2D eigenvalue weighted by Gasteiger charge is -2.38. The third-order valence-corrected chi connectivity index (χ3v) is 6.88. The van der Waals surface area contributed by atoms with Crippen molar-refractivity contribution in [3.05, 3.63) is 34.9 Å². The predicted octanol–water partition coefficient (Wildman–Crippen LogP) is -0.0207. The Kier molecular flexibility index (Phi) is 4.93. The van der Waals surface area contributed by atoms with Gasteiger partial charge in [-0.05, 0) is 43.2 Å². The minimum absolute atomic E-state index is 0.0527. The zero-order valence-corrected chi connectivity index (χ0v) is 15.6. The lowest BCUT2D eigenvalue weighted by atomic mass is 9.78. The first-order valence-electron chi connectivity index (χ1n) is 9.60. The zero-order chi connectivity index (χ0) is 18.3. The van der Waals surface area contributed by atoms with Gasteiger partial charge in [0.2, 0.25) is 5.91 Å². The number of aliphatic carboxylic acids is 1. The standard InChI is InChI=1S/C20H25ClN2O3/c21-16-5-1-13(2-6-16)12-22-7-9-23(10-8-22)19(24)17-14-3-4-15(11-14)18(17)20(25)26/h1-2,5-6,14-15,17-18H,3-4,7-12H2,(H,25,26)/t14-,15+,17+,18+/m1/s1. The van der Waals surface area contributed by atoms with Gasteiger partial charge in [0.25, 0.3) is 0 Å². The highest BCUT2D eigenvalue weighted by Crippen LogP contribution is 2.52. The summed E-state index contributed by atoms with van der Waals surface area (Å²) in [7, 11) is 0. The van der Waals surface area contributed by atoms with Crippen molar-refractivity contribution in [1.29, 1.82) is 0 Å². The molecule has 0 aromatic heterocycles. The maximum atomic E-state index is 13.0. The molecular weight excluding hydrogens is 352 g/mol. The van der Waals surface area contributed by atoms with E-state index < -0.39 is 11.9 Å². The fourth-order valence-electron chi connectivity index (χ4n) is 5.31. The number of amides is 1. The third-order valence-electron chi connectivity index (χ3n) is 6.62. The zero-order valence-electron chi connectivity index (χ0n) is 14.8. The van der Waals surface area contributed by atoms with Crippen molar-refractivity contribution in [1.82, 2.24) is 4.90 Å². The molecule has 2 bridgehead atoms. The molecule has 1 saturated heterocycles. The molecule has 1 aromatic carbocycles. The van der Waals surface area contributed by atoms with Gasteiger partial charge in [-0.15, -0.1) is 0 Å². The Morgan fingerprint density at radius 2 is 1.69 bits per heavy atom. The highest BCUT2D eigenvalue weighted by molar-refractivity contribution is 6.30. The van der Waals surface area contributed by atoms with Crippen LogP contribution in [0.2, 0.25) is 5.02 Å². The molecular formula is C20H25ClN2O3. The number of carboxylic acid groups (broad SMARTS) is 1. The number of carboxylic acids is 1. The molecule has 140 valence electrons. The Bertz CT molecular complexity index is 685. The minimum atomic E-state index is -1.03. The summed E-state index contributed by atoms with van der Waals surface area (Å²) in [5, 5.41) is 12.3. The Morgan fingerprint density at radius 3 is 2.31 bits per heavy atom. The van der Waals surface area contributed by atoms with Gasteiger partial charge in [-0.1, -0.05) is 23.7 Å². The summed E-state index contributed by atoms with van der Waals surface area (Å²) < 4.78 is 0. The number of carbonyl (C=O) groups is 2. The molecule has 4 rings (SSSR count). The summed E-state index contributed by atoms with van der Waals surface area (Å²) >= 11 is 5.93. The van der Waals surface area contributed by atoms with E-state index in [0.29, 0.717) is 13.1 Å². The number of quaternary nitrogens is 1. The van der Waals surface area contributed by atoms with Crippen LogP contribution in [0, 0.1) is 23.7 Å². The van der Waals surface area contributed by atoms with Gasteiger partial charge < -0.3 is 19.7 Å². The monoisotopic (exact) mass is 376 g/mol. The fourth-order valence-corrected chi connectivity index (χ4v) is 5.43. The van der Waals surface area contributed by atoms with Gasteiger partial charge in [0.1, 0.15) is 6.54 Å². The number of hydrogen-bond acceptors (Lipinski definition) is 3. The van der Waals surface area contributed by atoms with E-state index in [4.69, 9.17) is 11.6 Å².